The van der Waals surface area contributed by atoms with Crippen LogP contribution in [-0.4, -0.2) is 20.5 Å². The van der Waals surface area contributed by atoms with Crippen LogP contribution in [0.3, 0.4) is 0 Å². The molecule has 0 aliphatic heterocycles. The highest BCUT2D eigenvalue weighted by Gasteiger charge is 2.20. The van der Waals surface area contributed by atoms with Gasteiger partial charge in [0.15, 0.2) is 0 Å². The Labute approximate surface area is 73.2 Å². The van der Waals surface area contributed by atoms with Crippen LogP contribution < -0.4 is 0 Å². The number of halogens is 1. The van der Waals surface area contributed by atoms with E-state index in [1.807, 2.05) is 0 Å². The fourth-order valence-electron chi connectivity index (χ4n) is 1.32. The first kappa shape index (κ1) is 8.01. The minimum Gasteiger partial charge on any atom is -0.424 e. The minimum atomic E-state index is 0.603. The van der Waals surface area contributed by atoms with E-state index in [0.29, 0.717) is 6.10 Å². The molecule has 0 aromatic carbocycles. The quantitative estimate of drug-likeness (QED) is 0.387. The first-order chi connectivity index (χ1) is 4.34. The number of hydrogen-bond acceptors (Lipinski definition) is 1. The predicted molar refractivity (Wildman–Crippen MR) is 51.1 cm³/mol. The zero-order chi connectivity index (χ0) is 6.69. The maximum atomic E-state index is 5.43. The van der Waals surface area contributed by atoms with Crippen LogP contribution in [0.4, 0.5) is 0 Å². The molecule has 0 bridgehead atoms. The van der Waals surface area contributed by atoms with Gasteiger partial charge in [-0.2, -0.15) is 0 Å². The van der Waals surface area contributed by atoms with E-state index in [0.717, 1.165) is 14.4 Å². The molecule has 1 rings (SSSR count). The van der Waals surface area contributed by atoms with Gasteiger partial charge >= 0.3 is 0 Å². The topological polar surface area (TPSA) is 9.23 Å². The Morgan fingerprint density at radius 2 is 2.00 bits per heavy atom. The second-order valence-electron chi connectivity index (χ2n) is 2.57. The third-order valence-electron chi connectivity index (χ3n) is 1.92. The van der Waals surface area contributed by atoms with E-state index in [1.54, 1.807) is 0 Å². The number of rotatable bonds is 1. The second kappa shape index (κ2) is 3.93. The molecule has 0 spiro atoms. The molecule has 0 unspecified atom stereocenters. The average molecular weight is 256 g/mol. The lowest BCUT2D eigenvalue weighted by Gasteiger charge is -2.26. The van der Waals surface area contributed by atoms with Gasteiger partial charge in [-0.05, 0) is 12.8 Å². The maximum Gasteiger partial charge on any atom is 0.146 e. The Morgan fingerprint density at radius 1 is 1.33 bits per heavy atom. The highest BCUT2D eigenvalue weighted by Crippen LogP contribution is 2.26. The molecule has 1 aliphatic carbocycles. The molecule has 1 aliphatic rings. The van der Waals surface area contributed by atoms with Gasteiger partial charge < -0.3 is 4.43 Å². The maximum absolute atomic E-state index is 5.43. The zero-order valence-electron chi connectivity index (χ0n) is 5.77. The summed E-state index contributed by atoms with van der Waals surface area (Å²) < 4.78 is 6.23. The van der Waals surface area contributed by atoms with Crippen LogP contribution in [0.2, 0.25) is 0 Å². The summed E-state index contributed by atoms with van der Waals surface area (Å²) in [5, 5.41) is 0. The van der Waals surface area contributed by atoms with Gasteiger partial charge in [0.05, 0.1) is 6.10 Å². The van der Waals surface area contributed by atoms with Crippen LogP contribution in [0, 0.1) is 0 Å². The molecule has 2 atom stereocenters. The summed E-state index contributed by atoms with van der Waals surface area (Å²) in [6.45, 7) is 0. The molecule has 0 aromatic rings. The van der Waals surface area contributed by atoms with Crippen LogP contribution in [0.1, 0.15) is 25.7 Å². The first-order valence-electron chi connectivity index (χ1n) is 3.51. The van der Waals surface area contributed by atoms with Crippen molar-refractivity contribution in [2.75, 3.05) is 0 Å². The van der Waals surface area contributed by atoms with E-state index in [1.165, 1.54) is 25.7 Å². The Bertz CT molecular complexity index is 89.1. The van der Waals surface area contributed by atoms with Gasteiger partial charge in [-0.15, -0.1) is 0 Å². The monoisotopic (exact) mass is 256 g/mol. The van der Waals surface area contributed by atoms with E-state index in [2.05, 4.69) is 22.6 Å². The van der Waals surface area contributed by atoms with Crippen molar-refractivity contribution in [2.24, 2.45) is 0 Å². The van der Waals surface area contributed by atoms with Crippen molar-refractivity contribution in [1.82, 2.24) is 0 Å². The zero-order valence-corrected chi connectivity index (χ0v) is 9.93. The van der Waals surface area contributed by atoms with Crippen LogP contribution in [0.25, 0.3) is 0 Å². The van der Waals surface area contributed by atoms with Crippen molar-refractivity contribution in [3.8, 4) is 0 Å². The smallest absolute Gasteiger partial charge is 0.146 e. The molecular formula is C6H13IOSi. The van der Waals surface area contributed by atoms with Crippen molar-refractivity contribution in [1.29, 1.82) is 0 Å². The highest BCUT2D eigenvalue weighted by atomic mass is 127. The van der Waals surface area contributed by atoms with Gasteiger partial charge in [0.25, 0.3) is 0 Å². The molecule has 9 heavy (non-hydrogen) atoms. The minimum absolute atomic E-state index is 0.603. The summed E-state index contributed by atoms with van der Waals surface area (Å²) in [4.78, 5) is 0. The van der Waals surface area contributed by atoms with E-state index < -0.39 is 0 Å². The molecule has 0 saturated heterocycles. The van der Waals surface area contributed by atoms with Crippen molar-refractivity contribution in [2.45, 2.75) is 35.7 Å². The summed E-state index contributed by atoms with van der Waals surface area (Å²) >= 11 is 2.52. The Kier molecular flexibility index (Phi) is 3.49. The molecule has 1 saturated carbocycles. The van der Waals surface area contributed by atoms with Gasteiger partial charge in [0.1, 0.15) is 10.5 Å². The van der Waals surface area contributed by atoms with Crippen molar-refractivity contribution in [3.05, 3.63) is 0 Å². The van der Waals surface area contributed by atoms with Crippen molar-refractivity contribution in [3.63, 3.8) is 0 Å². The van der Waals surface area contributed by atoms with Crippen molar-refractivity contribution < 1.29 is 4.43 Å². The fourth-order valence-corrected chi connectivity index (χ4v) is 3.53. The summed E-state index contributed by atoms with van der Waals surface area (Å²) in [5.74, 6) is 0. The molecule has 3 heteroatoms. The van der Waals surface area contributed by atoms with E-state index in [-0.39, 0.29) is 0 Å². The Morgan fingerprint density at radius 3 is 2.44 bits per heavy atom. The molecular weight excluding hydrogens is 243 g/mol. The Balaban J connectivity index is 2.30. The van der Waals surface area contributed by atoms with Crippen LogP contribution in [0.5, 0.6) is 0 Å². The lowest BCUT2D eigenvalue weighted by atomic mass is 9.98. The first-order valence-corrected chi connectivity index (χ1v) is 5.57. The summed E-state index contributed by atoms with van der Waals surface area (Å²) in [6.07, 6.45) is 6.07. The molecule has 0 radical (unpaired) electrons. The molecule has 0 amide bonds. The molecule has 0 heterocycles. The van der Waals surface area contributed by atoms with Gasteiger partial charge in [-0.1, -0.05) is 35.4 Å². The number of hydrogen-bond donors (Lipinski definition) is 0. The molecule has 1 fully saturated rings. The van der Waals surface area contributed by atoms with E-state index >= 15 is 0 Å². The van der Waals surface area contributed by atoms with Gasteiger partial charge in [0, 0.05) is 3.92 Å². The highest BCUT2D eigenvalue weighted by molar-refractivity contribution is 14.1. The fraction of sp³-hybridized carbons (Fsp3) is 1.00. The molecule has 54 valence electrons. The third-order valence-corrected chi connectivity index (χ3v) is 3.96. The molecule has 1 nitrogen and oxygen atoms in total. The largest absolute Gasteiger partial charge is 0.424 e. The van der Waals surface area contributed by atoms with Crippen molar-refractivity contribution >= 4 is 33.1 Å². The van der Waals surface area contributed by atoms with Crippen LogP contribution in [-0.2, 0) is 4.43 Å². The standard InChI is InChI=1S/C6H13IOSi/c7-5-3-1-2-4-6(5)8-9/h5-6H,1-4H2,9H3/t5-,6-/m1/s1. The normalized spacial score (nSPS) is 37.0. The van der Waals surface area contributed by atoms with Gasteiger partial charge in [0.2, 0.25) is 0 Å². The van der Waals surface area contributed by atoms with Crippen LogP contribution in [0.15, 0.2) is 0 Å². The SMILES string of the molecule is [SiH3]O[C@@H]1CCCC[C@H]1I. The summed E-state index contributed by atoms with van der Waals surface area (Å²) in [5.41, 5.74) is 0. The van der Waals surface area contributed by atoms with E-state index in [9.17, 15) is 0 Å². The molecule has 0 aromatic heterocycles. The second-order valence-corrected chi connectivity index (χ2v) is 4.65. The summed E-state index contributed by atoms with van der Waals surface area (Å²) in [6, 6.07) is 0. The van der Waals surface area contributed by atoms with Gasteiger partial charge in [-0.3, -0.25) is 0 Å². The summed E-state index contributed by atoms with van der Waals surface area (Å²) in [7, 11) is 0.913. The molecule has 0 N–H and O–H groups in total. The van der Waals surface area contributed by atoms with Gasteiger partial charge in [-0.25, -0.2) is 0 Å². The van der Waals surface area contributed by atoms with Crippen LogP contribution >= 0.6 is 22.6 Å². The lowest BCUT2D eigenvalue weighted by Crippen LogP contribution is -2.26. The average Bonchev–Trinajstić information content (AvgIpc) is 1.89. The lowest BCUT2D eigenvalue weighted by molar-refractivity contribution is 0.182. The Hall–Kier alpha value is 0.907. The number of alkyl halides is 1. The third kappa shape index (κ3) is 2.20. The van der Waals surface area contributed by atoms with E-state index in [4.69, 9.17) is 4.43 Å². The predicted octanol–water partition coefficient (Wildman–Crippen LogP) is 1.03.